The third-order valence-corrected chi connectivity index (χ3v) is 3.90. The van der Waals surface area contributed by atoms with Crippen LogP contribution in [0.1, 0.15) is 22.8 Å². The van der Waals surface area contributed by atoms with Gasteiger partial charge in [-0.1, -0.05) is 12.1 Å². The van der Waals surface area contributed by atoms with Gasteiger partial charge in [-0.05, 0) is 42.3 Å². The molecule has 2 N–H and O–H groups in total. The van der Waals surface area contributed by atoms with Gasteiger partial charge in [0.05, 0.1) is 5.69 Å². The zero-order chi connectivity index (χ0) is 18.7. The van der Waals surface area contributed by atoms with Crippen LogP contribution in [0.15, 0.2) is 48.5 Å². The van der Waals surface area contributed by atoms with Crippen LogP contribution < -0.4 is 15.4 Å². The van der Waals surface area contributed by atoms with Crippen molar-refractivity contribution in [3.8, 4) is 5.75 Å². The molecule has 3 rings (SSSR count). The first-order chi connectivity index (χ1) is 12.3. The maximum Gasteiger partial charge on any atom is 0.410 e. The van der Waals surface area contributed by atoms with E-state index in [2.05, 4.69) is 10.6 Å². The molecule has 136 valence electrons. The van der Waals surface area contributed by atoms with Crippen LogP contribution in [0, 0.1) is 0 Å². The number of amides is 1. The van der Waals surface area contributed by atoms with Gasteiger partial charge in [0.15, 0.2) is 0 Å². The highest BCUT2D eigenvalue weighted by molar-refractivity contribution is 6.04. The van der Waals surface area contributed by atoms with Gasteiger partial charge >= 0.3 is 6.18 Å². The molecule has 0 aliphatic carbocycles. The number of alkyl halides is 3. The summed E-state index contributed by atoms with van der Waals surface area (Å²) >= 11 is 0. The molecular weight excluding hydrogens is 345 g/mol. The molecule has 0 bridgehead atoms. The first kappa shape index (κ1) is 17.8. The minimum Gasteiger partial charge on any atom is -0.490 e. The molecule has 2 aromatic rings. The van der Waals surface area contributed by atoms with E-state index in [1.165, 1.54) is 31.2 Å². The lowest BCUT2D eigenvalue weighted by Crippen LogP contribution is -2.18. The van der Waals surface area contributed by atoms with Gasteiger partial charge in [-0.2, -0.15) is 13.2 Å². The first-order valence-corrected chi connectivity index (χ1v) is 8.00. The van der Waals surface area contributed by atoms with E-state index in [9.17, 15) is 18.0 Å². The summed E-state index contributed by atoms with van der Waals surface area (Å²) in [6.45, 7) is 2.66. The van der Waals surface area contributed by atoms with Crippen molar-refractivity contribution in [3.05, 3.63) is 59.7 Å². The largest absolute Gasteiger partial charge is 0.490 e. The molecular formula is C19H17F3N2O2. The van der Waals surface area contributed by atoms with Gasteiger partial charge in [-0.15, -0.1) is 0 Å². The highest BCUT2D eigenvalue weighted by Crippen LogP contribution is 2.30. The molecule has 0 saturated heterocycles. The summed E-state index contributed by atoms with van der Waals surface area (Å²) in [5, 5.41) is 5.94. The van der Waals surface area contributed by atoms with E-state index in [1.54, 1.807) is 12.1 Å². The zero-order valence-corrected chi connectivity index (χ0v) is 14.0. The predicted molar refractivity (Wildman–Crippen MR) is 94.5 cm³/mol. The van der Waals surface area contributed by atoms with E-state index in [4.69, 9.17) is 4.74 Å². The van der Waals surface area contributed by atoms with Gasteiger partial charge in [-0.3, -0.25) is 4.79 Å². The van der Waals surface area contributed by atoms with Gasteiger partial charge in [0.25, 0.3) is 5.91 Å². The summed E-state index contributed by atoms with van der Waals surface area (Å²) in [6.07, 6.45) is -4.13. The highest BCUT2D eigenvalue weighted by atomic mass is 19.4. The quantitative estimate of drug-likeness (QED) is 0.831. The SMILES string of the molecule is C/C(=C\C(F)(F)F)c1ccc(C(=O)Nc2ccc3c(c2)OCCN3)cc1. The average molecular weight is 362 g/mol. The van der Waals surface area contributed by atoms with E-state index < -0.39 is 6.18 Å². The number of carbonyl (C=O) groups is 1. The molecule has 0 radical (unpaired) electrons. The first-order valence-electron chi connectivity index (χ1n) is 8.00. The van der Waals surface area contributed by atoms with Crippen LogP contribution in [0.5, 0.6) is 5.75 Å². The maximum atomic E-state index is 12.4. The van der Waals surface area contributed by atoms with Crippen molar-refractivity contribution < 1.29 is 22.7 Å². The number of ether oxygens (including phenoxy) is 1. The molecule has 26 heavy (non-hydrogen) atoms. The van der Waals surface area contributed by atoms with Gasteiger partial charge in [-0.25, -0.2) is 0 Å². The number of nitrogens with one attached hydrogen (secondary N) is 2. The minimum absolute atomic E-state index is 0.0868. The zero-order valence-electron chi connectivity index (χ0n) is 14.0. The lowest BCUT2D eigenvalue weighted by molar-refractivity contribution is -0.0793. The van der Waals surface area contributed by atoms with E-state index in [1.807, 2.05) is 6.07 Å². The fourth-order valence-electron chi connectivity index (χ4n) is 2.63. The van der Waals surface area contributed by atoms with Crippen LogP contribution in [-0.2, 0) is 0 Å². The lowest BCUT2D eigenvalue weighted by atomic mass is 10.0. The Hall–Kier alpha value is -2.96. The standard InChI is InChI=1S/C19H17F3N2O2/c1-12(11-19(20,21)22)13-2-4-14(5-3-13)18(25)24-15-6-7-16-17(10-15)26-9-8-23-16/h2-7,10-11,23H,8-9H2,1H3,(H,24,25)/b12-11+. The van der Waals surface area contributed by atoms with Crippen LogP contribution >= 0.6 is 0 Å². The number of benzene rings is 2. The second-order valence-corrected chi connectivity index (χ2v) is 5.89. The fourth-order valence-corrected chi connectivity index (χ4v) is 2.63. The van der Waals surface area contributed by atoms with E-state index >= 15 is 0 Å². The van der Waals surface area contributed by atoms with Crippen LogP contribution in [-0.4, -0.2) is 25.2 Å². The molecule has 2 aromatic carbocycles. The topological polar surface area (TPSA) is 50.4 Å². The minimum atomic E-state index is -4.37. The predicted octanol–water partition coefficient (Wildman–Crippen LogP) is 4.71. The Morgan fingerprint density at radius 1 is 1.15 bits per heavy atom. The highest BCUT2D eigenvalue weighted by Gasteiger charge is 2.23. The Bertz CT molecular complexity index is 843. The van der Waals surface area contributed by atoms with Crippen LogP contribution in [0.3, 0.4) is 0 Å². The molecule has 1 amide bonds. The Balaban J connectivity index is 1.71. The van der Waals surface area contributed by atoms with Crippen molar-refractivity contribution in [1.82, 2.24) is 0 Å². The number of anilines is 2. The average Bonchev–Trinajstić information content (AvgIpc) is 2.60. The summed E-state index contributed by atoms with van der Waals surface area (Å²) in [5.41, 5.74) is 2.29. The second-order valence-electron chi connectivity index (χ2n) is 5.89. The number of allylic oxidation sites excluding steroid dienone is 2. The summed E-state index contributed by atoms with van der Waals surface area (Å²) in [7, 11) is 0. The Kier molecular flexibility index (Phi) is 4.88. The molecule has 0 saturated carbocycles. The van der Waals surface area contributed by atoms with Gasteiger partial charge in [0.1, 0.15) is 12.4 Å². The number of hydrogen-bond acceptors (Lipinski definition) is 3. The van der Waals surface area contributed by atoms with E-state index in [0.29, 0.717) is 29.2 Å². The molecule has 0 aromatic heterocycles. The second kappa shape index (κ2) is 7.11. The van der Waals surface area contributed by atoms with E-state index in [0.717, 1.165) is 12.2 Å². The molecule has 1 heterocycles. The van der Waals surface area contributed by atoms with E-state index in [-0.39, 0.29) is 17.6 Å². The van der Waals surface area contributed by atoms with Crippen molar-refractivity contribution in [2.75, 3.05) is 23.8 Å². The number of carbonyl (C=O) groups excluding carboxylic acids is 1. The molecule has 0 unspecified atom stereocenters. The lowest BCUT2D eigenvalue weighted by Gasteiger charge is -2.19. The van der Waals surface area contributed by atoms with Gasteiger partial charge in [0, 0.05) is 29.9 Å². The molecule has 1 aliphatic heterocycles. The smallest absolute Gasteiger partial charge is 0.410 e. The van der Waals surface area contributed by atoms with Crippen LogP contribution in [0.25, 0.3) is 5.57 Å². The maximum absolute atomic E-state index is 12.4. The van der Waals surface area contributed by atoms with Crippen molar-refractivity contribution in [2.24, 2.45) is 0 Å². The number of hydrogen-bond donors (Lipinski definition) is 2. The van der Waals surface area contributed by atoms with Crippen molar-refractivity contribution >= 4 is 22.9 Å². The fraction of sp³-hybridized carbons (Fsp3) is 0.211. The number of fused-ring (bicyclic) bond motifs is 1. The summed E-state index contributed by atoms with van der Waals surface area (Å²) < 4.78 is 42.7. The van der Waals surface area contributed by atoms with Crippen molar-refractivity contribution in [1.29, 1.82) is 0 Å². The molecule has 1 aliphatic rings. The van der Waals surface area contributed by atoms with Crippen LogP contribution in [0.4, 0.5) is 24.5 Å². The number of halogens is 3. The van der Waals surface area contributed by atoms with Crippen molar-refractivity contribution in [3.63, 3.8) is 0 Å². The van der Waals surface area contributed by atoms with Crippen LogP contribution in [0.2, 0.25) is 0 Å². The molecule has 7 heteroatoms. The molecule has 4 nitrogen and oxygen atoms in total. The molecule has 0 atom stereocenters. The molecule has 0 spiro atoms. The Morgan fingerprint density at radius 2 is 1.85 bits per heavy atom. The number of rotatable bonds is 3. The van der Waals surface area contributed by atoms with Crippen molar-refractivity contribution in [2.45, 2.75) is 13.1 Å². The summed E-state index contributed by atoms with van der Waals surface area (Å²) in [6, 6.07) is 11.3. The summed E-state index contributed by atoms with van der Waals surface area (Å²) in [5.74, 6) is 0.315. The van der Waals surface area contributed by atoms with Gasteiger partial charge in [0.2, 0.25) is 0 Å². The summed E-state index contributed by atoms with van der Waals surface area (Å²) in [4.78, 5) is 12.3. The normalized spacial score (nSPS) is 14.1. The Morgan fingerprint density at radius 3 is 2.54 bits per heavy atom. The van der Waals surface area contributed by atoms with Gasteiger partial charge < -0.3 is 15.4 Å². The third kappa shape index (κ3) is 4.36. The third-order valence-electron chi connectivity index (χ3n) is 3.90. The monoisotopic (exact) mass is 362 g/mol. The Labute approximate surface area is 148 Å². The molecule has 0 fully saturated rings.